The molecule has 1 unspecified atom stereocenters. The van der Waals surface area contributed by atoms with Crippen LogP contribution in [-0.2, 0) is 12.8 Å². The van der Waals surface area contributed by atoms with Crippen molar-refractivity contribution in [1.82, 2.24) is 15.0 Å². The van der Waals surface area contributed by atoms with E-state index in [0.717, 1.165) is 44.1 Å². The quantitative estimate of drug-likeness (QED) is 0.865. The largest absolute Gasteiger partial charge is 0.493 e. The topological polar surface area (TPSA) is 51.1 Å². The predicted molar refractivity (Wildman–Crippen MR) is 93.5 cm³/mol. The van der Waals surface area contributed by atoms with Gasteiger partial charge in [0.2, 0.25) is 0 Å². The summed E-state index contributed by atoms with van der Waals surface area (Å²) in [6.45, 7) is 4.88. The fourth-order valence-electron chi connectivity index (χ4n) is 3.84. The number of pyridine rings is 1. The molecule has 5 nitrogen and oxygen atoms in total. The first-order chi connectivity index (χ1) is 11.8. The number of aryl methyl sites for hydroxylation is 2. The standard InChI is InChI=1S/C19H24N4O/c1-14-21-18-6-2-5-17(18)19(22-14)23-11-3-4-15(12-23)13-24-16-7-9-20-10-8-16/h7-10,15H,2-6,11-13H2,1H3. The second-order valence-electron chi connectivity index (χ2n) is 6.82. The molecule has 0 N–H and O–H groups in total. The van der Waals surface area contributed by atoms with Crippen molar-refractivity contribution < 1.29 is 4.74 Å². The lowest BCUT2D eigenvalue weighted by atomic mass is 9.98. The highest BCUT2D eigenvalue weighted by Gasteiger charge is 2.26. The van der Waals surface area contributed by atoms with Crippen molar-refractivity contribution in [1.29, 1.82) is 0 Å². The van der Waals surface area contributed by atoms with E-state index in [0.29, 0.717) is 5.92 Å². The fourth-order valence-corrected chi connectivity index (χ4v) is 3.84. The third-order valence-corrected chi connectivity index (χ3v) is 4.98. The van der Waals surface area contributed by atoms with Crippen LogP contribution in [0.2, 0.25) is 0 Å². The van der Waals surface area contributed by atoms with Crippen LogP contribution in [0.15, 0.2) is 24.5 Å². The molecular weight excluding hydrogens is 300 g/mol. The van der Waals surface area contributed by atoms with Gasteiger partial charge < -0.3 is 9.64 Å². The molecule has 0 radical (unpaired) electrons. The summed E-state index contributed by atoms with van der Waals surface area (Å²) in [6.07, 6.45) is 9.40. The molecule has 0 bridgehead atoms. The lowest BCUT2D eigenvalue weighted by Gasteiger charge is -2.34. The maximum atomic E-state index is 5.95. The second-order valence-corrected chi connectivity index (χ2v) is 6.82. The van der Waals surface area contributed by atoms with Gasteiger partial charge in [-0.15, -0.1) is 0 Å². The van der Waals surface area contributed by atoms with E-state index in [1.165, 1.54) is 36.3 Å². The summed E-state index contributed by atoms with van der Waals surface area (Å²) in [5, 5.41) is 0. The Kier molecular flexibility index (Phi) is 4.32. The van der Waals surface area contributed by atoms with Crippen LogP contribution in [0.5, 0.6) is 5.75 Å². The molecule has 0 amide bonds. The van der Waals surface area contributed by atoms with E-state index in [-0.39, 0.29) is 0 Å². The van der Waals surface area contributed by atoms with Gasteiger partial charge in [-0.05, 0) is 51.2 Å². The summed E-state index contributed by atoms with van der Waals surface area (Å²) in [6, 6.07) is 3.84. The molecule has 1 fully saturated rings. The van der Waals surface area contributed by atoms with Crippen LogP contribution >= 0.6 is 0 Å². The number of aromatic nitrogens is 3. The number of hydrogen-bond acceptors (Lipinski definition) is 5. The molecule has 4 rings (SSSR count). The number of rotatable bonds is 4. The van der Waals surface area contributed by atoms with Crippen molar-refractivity contribution in [3.05, 3.63) is 41.6 Å². The highest BCUT2D eigenvalue weighted by atomic mass is 16.5. The van der Waals surface area contributed by atoms with Gasteiger partial charge in [-0.25, -0.2) is 9.97 Å². The summed E-state index contributed by atoms with van der Waals surface area (Å²) in [5.41, 5.74) is 2.66. The number of nitrogens with zero attached hydrogens (tertiary/aromatic N) is 4. The highest BCUT2D eigenvalue weighted by Crippen LogP contribution is 2.31. The Morgan fingerprint density at radius 3 is 2.92 bits per heavy atom. The molecule has 0 aromatic carbocycles. The van der Waals surface area contributed by atoms with Crippen molar-refractivity contribution >= 4 is 5.82 Å². The SMILES string of the molecule is Cc1nc2c(c(N3CCCC(COc4ccncc4)C3)n1)CCC2. The van der Waals surface area contributed by atoms with Gasteiger partial charge in [0.1, 0.15) is 17.4 Å². The van der Waals surface area contributed by atoms with Gasteiger partial charge in [0, 0.05) is 42.7 Å². The third-order valence-electron chi connectivity index (χ3n) is 4.98. The van der Waals surface area contributed by atoms with E-state index < -0.39 is 0 Å². The van der Waals surface area contributed by atoms with Crippen molar-refractivity contribution in [3.63, 3.8) is 0 Å². The lowest BCUT2D eigenvalue weighted by molar-refractivity contribution is 0.228. The maximum absolute atomic E-state index is 5.95. The lowest BCUT2D eigenvalue weighted by Crippen LogP contribution is -2.39. The van der Waals surface area contributed by atoms with Crippen molar-refractivity contribution in [3.8, 4) is 5.75 Å². The van der Waals surface area contributed by atoms with Crippen LogP contribution in [0.3, 0.4) is 0 Å². The Morgan fingerprint density at radius 1 is 1.17 bits per heavy atom. The van der Waals surface area contributed by atoms with Gasteiger partial charge in [-0.1, -0.05) is 0 Å². The molecule has 1 atom stereocenters. The Hall–Kier alpha value is -2.17. The van der Waals surface area contributed by atoms with Gasteiger partial charge in [-0.2, -0.15) is 0 Å². The van der Waals surface area contributed by atoms with Crippen molar-refractivity contribution in [2.75, 3.05) is 24.6 Å². The average Bonchev–Trinajstić information content (AvgIpc) is 3.08. The summed E-state index contributed by atoms with van der Waals surface area (Å²) >= 11 is 0. The Labute approximate surface area is 143 Å². The van der Waals surface area contributed by atoms with Crippen molar-refractivity contribution in [2.45, 2.75) is 39.0 Å². The molecule has 1 saturated heterocycles. The van der Waals surface area contributed by atoms with Gasteiger partial charge in [0.05, 0.1) is 6.61 Å². The molecule has 2 aromatic heterocycles. The van der Waals surface area contributed by atoms with Gasteiger partial charge >= 0.3 is 0 Å². The molecule has 2 aromatic rings. The molecule has 5 heteroatoms. The van der Waals surface area contributed by atoms with E-state index in [1.54, 1.807) is 12.4 Å². The van der Waals surface area contributed by atoms with Crippen LogP contribution in [0.25, 0.3) is 0 Å². The molecule has 0 saturated carbocycles. The van der Waals surface area contributed by atoms with E-state index in [2.05, 4.69) is 14.9 Å². The first-order valence-electron chi connectivity index (χ1n) is 8.94. The van der Waals surface area contributed by atoms with Crippen LogP contribution < -0.4 is 9.64 Å². The Bertz CT molecular complexity index is 704. The minimum Gasteiger partial charge on any atom is -0.493 e. The molecule has 0 spiro atoms. The van der Waals surface area contributed by atoms with Crippen LogP contribution in [0.1, 0.15) is 36.3 Å². The summed E-state index contributed by atoms with van der Waals surface area (Å²) in [4.78, 5) is 15.9. The second kappa shape index (κ2) is 6.75. The summed E-state index contributed by atoms with van der Waals surface area (Å²) in [7, 11) is 0. The number of hydrogen-bond donors (Lipinski definition) is 0. The molecule has 126 valence electrons. The first-order valence-corrected chi connectivity index (χ1v) is 8.94. The summed E-state index contributed by atoms with van der Waals surface area (Å²) < 4.78 is 5.95. The molecule has 24 heavy (non-hydrogen) atoms. The van der Waals surface area contributed by atoms with Crippen LogP contribution in [0, 0.1) is 12.8 Å². The predicted octanol–water partition coefficient (Wildman–Crippen LogP) is 2.96. The first kappa shape index (κ1) is 15.4. The highest BCUT2D eigenvalue weighted by molar-refractivity contribution is 5.51. The van der Waals surface area contributed by atoms with Gasteiger partial charge in [-0.3, -0.25) is 4.98 Å². The average molecular weight is 324 g/mol. The number of anilines is 1. The zero-order chi connectivity index (χ0) is 16.4. The smallest absolute Gasteiger partial charge is 0.135 e. The minimum atomic E-state index is 0.541. The third kappa shape index (κ3) is 3.21. The Morgan fingerprint density at radius 2 is 2.04 bits per heavy atom. The monoisotopic (exact) mass is 324 g/mol. The van der Waals surface area contributed by atoms with E-state index in [4.69, 9.17) is 9.72 Å². The van der Waals surface area contributed by atoms with E-state index >= 15 is 0 Å². The fraction of sp³-hybridized carbons (Fsp3) is 0.526. The summed E-state index contributed by atoms with van der Waals surface area (Å²) in [5.74, 6) is 3.53. The molecule has 1 aliphatic carbocycles. The van der Waals surface area contributed by atoms with Crippen LogP contribution in [0.4, 0.5) is 5.82 Å². The van der Waals surface area contributed by atoms with E-state index in [9.17, 15) is 0 Å². The van der Waals surface area contributed by atoms with Crippen molar-refractivity contribution in [2.24, 2.45) is 5.92 Å². The van der Waals surface area contributed by atoms with E-state index in [1.807, 2.05) is 19.1 Å². The number of piperidine rings is 1. The van der Waals surface area contributed by atoms with Crippen LogP contribution in [-0.4, -0.2) is 34.6 Å². The zero-order valence-electron chi connectivity index (χ0n) is 14.2. The Balaban J connectivity index is 1.46. The van der Waals surface area contributed by atoms with Gasteiger partial charge in [0.25, 0.3) is 0 Å². The number of ether oxygens (including phenoxy) is 1. The number of fused-ring (bicyclic) bond motifs is 1. The zero-order valence-corrected chi connectivity index (χ0v) is 14.2. The van der Waals surface area contributed by atoms with Gasteiger partial charge in [0.15, 0.2) is 0 Å². The maximum Gasteiger partial charge on any atom is 0.135 e. The molecule has 2 aliphatic rings. The molecule has 1 aliphatic heterocycles. The normalized spacial score (nSPS) is 20.0. The molecular formula is C19H24N4O. The molecule has 3 heterocycles. The minimum absolute atomic E-state index is 0.541.